The predicted octanol–water partition coefficient (Wildman–Crippen LogP) is 2.43. The maximum absolute atomic E-state index is 12.2. The summed E-state index contributed by atoms with van der Waals surface area (Å²) in [5.41, 5.74) is 2.09. The van der Waals surface area contributed by atoms with Crippen molar-refractivity contribution in [3.8, 4) is 0 Å². The molecule has 4 heteroatoms. The second kappa shape index (κ2) is 4.66. The van der Waals surface area contributed by atoms with E-state index >= 15 is 0 Å². The van der Waals surface area contributed by atoms with E-state index in [1.807, 2.05) is 14.0 Å². The van der Waals surface area contributed by atoms with Crippen molar-refractivity contribution < 1.29 is 4.79 Å². The second-order valence-electron chi connectivity index (χ2n) is 6.32. The number of rotatable bonds is 3. The monoisotopic (exact) mass is 261 g/mol. The fourth-order valence-electron chi connectivity index (χ4n) is 3.76. The van der Waals surface area contributed by atoms with Crippen molar-refractivity contribution in [2.45, 2.75) is 45.4 Å². The van der Waals surface area contributed by atoms with E-state index in [-0.39, 0.29) is 5.91 Å². The molecule has 0 saturated heterocycles. The van der Waals surface area contributed by atoms with Crippen molar-refractivity contribution in [3.63, 3.8) is 0 Å². The number of carbonyl (C=O) groups excluding carboxylic acids is 1. The molecule has 104 valence electrons. The zero-order valence-electron chi connectivity index (χ0n) is 11.9. The van der Waals surface area contributed by atoms with Crippen LogP contribution in [-0.2, 0) is 7.05 Å². The number of carbonyl (C=O) groups is 1. The molecule has 0 radical (unpaired) electrons. The third-order valence-electron chi connectivity index (χ3n) is 5.05. The molecule has 19 heavy (non-hydrogen) atoms. The number of hydrogen-bond acceptors (Lipinski definition) is 2. The molecule has 2 aliphatic rings. The normalized spacial score (nSPS) is 24.4. The lowest BCUT2D eigenvalue weighted by Gasteiger charge is -2.22. The van der Waals surface area contributed by atoms with Gasteiger partial charge in [0.2, 0.25) is 0 Å². The van der Waals surface area contributed by atoms with E-state index in [0.717, 1.165) is 12.2 Å². The molecule has 1 atom stereocenters. The molecule has 1 amide bonds. The van der Waals surface area contributed by atoms with Crippen LogP contribution in [0.3, 0.4) is 0 Å². The Morgan fingerprint density at radius 2 is 2.21 bits per heavy atom. The Bertz CT molecular complexity index is 466. The molecule has 0 aromatic carbocycles. The Morgan fingerprint density at radius 3 is 2.84 bits per heavy atom. The van der Waals surface area contributed by atoms with E-state index < -0.39 is 0 Å². The van der Waals surface area contributed by atoms with Crippen LogP contribution in [-0.4, -0.2) is 22.0 Å². The summed E-state index contributed by atoms with van der Waals surface area (Å²) in [4.78, 5) is 16.3. The van der Waals surface area contributed by atoms with E-state index in [9.17, 15) is 4.79 Å². The summed E-state index contributed by atoms with van der Waals surface area (Å²) in [6, 6.07) is 0. The third kappa shape index (κ3) is 2.28. The van der Waals surface area contributed by atoms with E-state index in [2.05, 4.69) is 10.3 Å². The van der Waals surface area contributed by atoms with Gasteiger partial charge in [-0.05, 0) is 37.5 Å². The van der Waals surface area contributed by atoms with E-state index in [4.69, 9.17) is 0 Å². The molecular formula is C15H23N3O. The number of hydrogen-bond donors (Lipinski definition) is 1. The Morgan fingerprint density at radius 1 is 1.47 bits per heavy atom. The maximum atomic E-state index is 12.2. The number of aromatic nitrogens is 2. The zero-order valence-corrected chi connectivity index (χ0v) is 11.9. The van der Waals surface area contributed by atoms with Gasteiger partial charge in [-0.25, -0.2) is 4.98 Å². The van der Waals surface area contributed by atoms with Crippen molar-refractivity contribution in [1.29, 1.82) is 0 Å². The van der Waals surface area contributed by atoms with Gasteiger partial charge in [0.05, 0.1) is 12.0 Å². The zero-order chi connectivity index (χ0) is 13.5. The van der Waals surface area contributed by atoms with Crippen LogP contribution in [0.1, 0.15) is 54.7 Å². The van der Waals surface area contributed by atoms with Gasteiger partial charge in [-0.2, -0.15) is 0 Å². The van der Waals surface area contributed by atoms with E-state index in [1.165, 1.54) is 38.5 Å². The van der Waals surface area contributed by atoms with Gasteiger partial charge >= 0.3 is 0 Å². The molecule has 2 aliphatic carbocycles. The van der Waals surface area contributed by atoms with Crippen LogP contribution in [0.4, 0.5) is 0 Å². The van der Waals surface area contributed by atoms with Crippen molar-refractivity contribution >= 4 is 5.91 Å². The van der Waals surface area contributed by atoms with Gasteiger partial charge in [-0.3, -0.25) is 4.79 Å². The summed E-state index contributed by atoms with van der Waals surface area (Å²) >= 11 is 0. The van der Waals surface area contributed by atoms with Crippen LogP contribution in [0.2, 0.25) is 0 Å². The Hall–Kier alpha value is -1.32. The first-order valence-corrected chi connectivity index (χ1v) is 7.38. The molecule has 0 aliphatic heterocycles. The van der Waals surface area contributed by atoms with Gasteiger partial charge < -0.3 is 9.88 Å². The minimum absolute atomic E-state index is 0.0235. The van der Waals surface area contributed by atoms with Gasteiger partial charge in [0, 0.05) is 13.6 Å². The van der Waals surface area contributed by atoms with Crippen LogP contribution in [0.5, 0.6) is 0 Å². The SMILES string of the molecule is Cc1ncn(C)c1C(=O)NCC1CC12CCCCC2. The number of imidazole rings is 1. The average molecular weight is 261 g/mol. The molecule has 1 N–H and O–H groups in total. The first-order chi connectivity index (χ1) is 9.12. The van der Waals surface area contributed by atoms with E-state index in [1.54, 1.807) is 10.9 Å². The number of nitrogens with one attached hydrogen (secondary N) is 1. The molecule has 1 aromatic rings. The molecule has 4 nitrogen and oxygen atoms in total. The summed E-state index contributed by atoms with van der Waals surface area (Å²) in [5, 5.41) is 3.10. The Kier molecular flexibility index (Phi) is 3.11. The molecule has 2 saturated carbocycles. The molecule has 0 bridgehead atoms. The topological polar surface area (TPSA) is 46.9 Å². The largest absolute Gasteiger partial charge is 0.350 e. The first kappa shape index (κ1) is 12.7. The first-order valence-electron chi connectivity index (χ1n) is 7.38. The number of nitrogens with zero attached hydrogens (tertiary/aromatic N) is 2. The van der Waals surface area contributed by atoms with Crippen LogP contribution in [0, 0.1) is 18.3 Å². The number of aryl methyl sites for hydroxylation is 2. The summed E-state index contributed by atoms with van der Waals surface area (Å²) in [5.74, 6) is 0.737. The summed E-state index contributed by atoms with van der Waals surface area (Å²) in [6.45, 7) is 2.72. The molecule has 1 heterocycles. The lowest BCUT2D eigenvalue weighted by Crippen LogP contribution is -2.29. The smallest absolute Gasteiger partial charge is 0.269 e. The Balaban J connectivity index is 1.55. The van der Waals surface area contributed by atoms with Gasteiger partial charge in [-0.1, -0.05) is 19.3 Å². The third-order valence-corrected chi connectivity index (χ3v) is 5.05. The Labute approximate surface area is 114 Å². The molecule has 1 unspecified atom stereocenters. The average Bonchev–Trinajstić information content (AvgIpc) is 2.94. The minimum atomic E-state index is 0.0235. The van der Waals surface area contributed by atoms with Gasteiger partial charge in [0.1, 0.15) is 5.69 Å². The molecular weight excluding hydrogens is 238 g/mol. The molecule has 1 spiro atoms. The quantitative estimate of drug-likeness (QED) is 0.908. The van der Waals surface area contributed by atoms with Gasteiger partial charge in [0.15, 0.2) is 0 Å². The molecule has 3 rings (SSSR count). The standard InChI is InChI=1S/C15H23N3O/c1-11-13(18(2)10-17-11)14(19)16-9-12-8-15(12)6-4-3-5-7-15/h10,12H,3-9H2,1-2H3,(H,16,19). The fourth-order valence-corrected chi connectivity index (χ4v) is 3.76. The molecule has 1 aromatic heterocycles. The van der Waals surface area contributed by atoms with Crippen molar-refractivity contribution in [2.75, 3.05) is 6.54 Å². The van der Waals surface area contributed by atoms with Crippen LogP contribution in [0.25, 0.3) is 0 Å². The minimum Gasteiger partial charge on any atom is -0.350 e. The molecule has 2 fully saturated rings. The lowest BCUT2D eigenvalue weighted by atomic mass is 9.84. The highest BCUT2D eigenvalue weighted by atomic mass is 16.2. The van der Waals surface area contributed by atoms with Gasteiger partial charge in [-0.15, -0.1) is 0 Å². The van der Waals surface area contributed by atoms with Crippen LogP contribution < -0.4 is 5.32 Å². The highest BCUT2D eigenvalue weighted by Crippen LogP contribution is 2.60. The van der Waals surface area contributed by atoms with Crippen molar-refractivity contribution in [3.05, 3.63) is 17.7 Å². The van der Waals surface area contributed by atoms with Crippen LogP contribution in [0.15, 0.2) is 6.33 Å². The lowest BCUT2D eigenvalue weighted by molar-refractivity contribution is 0.0940. The van der Waals surface area contributed by atoms with E-state index in [0.29, 0.717) is 17.0 Å². The summed E-state index contributed by atoms with van der Waals surface area (Å²) in [7, 11) is 1.87. The van der Waals surface area contributed by atoms with Gasteiger partial charge in [0.25, 0.3) is 5.91 Å². The highest BCUT2D eigenvalue weighted by molar-refractivity contribution is 5.93. The number of amides is 1. The van der Waals surface area contributed by atoms with Crippen molar-refractivity contribution in [2.24, 2.45) is 18.4 Å². The van der Waals surface area contributed by atoms with Crippen LogP contribution >= 0.6 is 0 Å². The van der Waals surface area contributed by atoms with Crippen molar-refractivity contribution in [1.82, 2.24) is 14.9 Å². The highest BCUT2D eigenvalue weighted by Gasteiger charge is 2.53. The summed E-state index contributed by atoms with van der Waals surface area (Å²) < 4.78 is 1.80. The fraction of sp³-hybridized carbons (Fsp3) is 0.733. The maximum Gasteiger partial charge on any atom is 0.269 e. The predicted molar refractivity (Wildman–Crippen MR) is 73.9 cm³/mol. The summed E-state index contributed by atoms with van der Waals surface area (Å²) in [6.07, 6.45) is 9.92. The second-order valence-corrected chi connectivity index (χ2v) is 6.32.